The van der Waals surface area contributed by atoms with E-state index < -0.39 is 0 Å². The van der Waals surface area contributed by atoms with E-state index in [1.165, 1.54) is 24.8 Å². The molecule has 1 aliphatic carbocycles. The number of phenols is 1. The molecule has 0 aromatic heterocycles. The van der Waals surface area contributed by atoms with Crippen LogP contribution in [0, 0.1) is 0 Å². The van der Waals surface area contributed by atoms with Gasteiger partial charge >= 0.3 is 0 Å². The molecule has 3 N–H and O–H groups in total. The Labute approximate surface area is 95.9 Å². The predicted molar refractivity (Wildman–Crippen MR) is 65.0 cm³/mol. The zero-order valence-electron chi connectivity index (χ0n) is 9.37. The van der Waals surface area contributed by atoms with E-state index >= 15 is 0 Å². The van der Waals surface area contributed by atoms with Gasteiger partial charge in [-0.1, -0.05) is 6.07 Å². The van der Waals surface area contributed by atoms with Crippen molar-refractivity contribution in [2.24, 2.45) is 0 Å². The first-order valence-corrected chi connectivity index (χ1v) is 6.13. The van der Waals surface area contributed by atoms with E-state index in [1.54, 1.807) is 6.07 Å². The maximum atomic E-state index is 9.45. The Balaban J connectivity index is 1.76. The van der Waals surface area contributed by atoms with Crippen LogP contribution in [0.1, 0.15) is 30.7 Å². The number of hydrogen-bond acceptors (Lipinski definition) is 3. The van der Waals surface area contributed by atoms with Crippen molar-refractivity contribution in [1.82, 2.24) is 5.32 Å². The van der Waals surface area contributed by atoms with Gasteiger partial charge in [0.15, 0.2) is 0 Å². The third-order valence-corrected chi connectivity index (χ3v) is 3.52. The monoisotopic (exact) mass is 218 g/mol. The molecule has 0 bridgehead atoms. The maximum Gasteiger partial charge on any atom is 0.117 e. The minimum Gasteiger partial charge on any atom is -0.508 e. The highest BCUT2D eigenvalue weighted by molar-refractivity contribution is 5.58. The van der Waals surface area contributed by atoms with E-state index in [0.29, 0.717) is 11.7 Å². The molecule has 0 spiro atoms. The van der Waals surface area contributed by atoms with Crippen molar-refractivity contribution in [3.05, 3.63) is 23.8 Å². The van der Waals surface area contributed by atoms with Crippen molar-refractivity contribution in [1.29, 1.82) is 0 Å². The first-order chi connectivity index (χ1) is 7.83. The quantitative estimate of drug-likeness (QED) is 0.727. The molecule has 0 saturated heterocycles. The molecule has 1 atom stereocenters. The van der Waals surface area contributed by atoms with Crippen molar-refractivity contribution in [2.45, 2.75) is 31.2 Å². The Kier molecular flexibility index (Phi) is 2.48. The number of rotatable bonds is 3. The number of benzene rings is 1. The summed E-state index contributed by atoms with van der Waals surface area (Å²) in [5.74, 6) is 0.944. The summed E-state index contributed by atoms with van der Waals surface area (Å²) in [5.41, 5.74) is 2.45. The van der Waals surface area contributed by atoms with Crippen LogP contribution < -0.4 is 10.6 Å². The topological polar surface area (TPSA) is 44.3 Å². The highest BCUT2D eigenvalue weighted by Crippen LogP contribution is 2.34. The Morgan fingerprint density at radius 3 is 3.00 bits per heavy atom. The minimum atomic E-state index is 0.349. The molecule has 1 unspecified atom stereocenters. The Morgan fingerprint density at radius 1 is 1.31 bits per heavy atom. The van der Waals surface area contributed by atoms with Crippen LogP contribution in [0.4, 0.5) is 5.69 Å². The van der Waals surface area contributed by atoms with Crippen molar-refractivity contribution >= 4 is 5.69 Å². The van der Waals surface area contributed by atoms with Crippen LogP contribution in [0.2, 0.25) is 0 Å². The largest absolute Gasteiger partial charge is 0.508 e. The van der Waals surface area contributed by atoms with Gasteiger partial charge < -0.3 is 15.7 Å². The van der Waals surface area contributed by atoms with Gasteiger partial charge in [0.2, 0.25) is 0 Å². The number of phenolic OH excluding ortho intramolecular Hbond substituents is 1. The van der Waals surface area contributed by atoms with E-state index in [-0.39, 0.29) is 0 Å². The van der Waals surface area contributed by atoms with Crippen LogP contribution in [0.5, 0.6) is 5.75 Å². The van der Waals surface area contributed by atoms with Crippen molar-refractivity contribution in [2.75, 3.05) is 18.4 Å². The lowest BCUT2D eigenvalue weighted by molar-refractivity contribution is 0.474. The van der Waals surface area contributed by atoms with Crippen molar-refractivity contribution in [3.63, 3.8) is 0 Å². The van der Waals surface area contributed by atoms with Crippen LogP contribution in [-0.2, 0) is 0 Å². The minimum absolute atomic E-state index is 0.349. The van der Waals surface area contributed by atoms with Crippen LogP contribution in [0.3, 0.4) is 0 Å². The average Bonchev–Trinajstić information content (AvgIpc) is 3.09. The van der Waals surface area contributed by atoms with Gasteiger partial charge in [-0.15, -0.1) is 0 Å². The molecule has 1 heterocycles. The average molecular weight is 218 g/mol. The molecule has 1 fully saturated rings. The molecule has 86 valence electrons. The molecule has 1 saturated carbocycles. The lowest BCUT2D eigenvalue weighted by atomic mass is 9.91. The molecular formula is C13H18N2O. The molecule has 1 aromatic rings. The zero-order valence-corrected chi connectivity index (χ0v) is 9.37. The molecule has 16 heavy (non-hydrogen) atoms. The van der Waals surface area contributed by atoms with Crippen LogP contribution in [0.25, 0.3) is 0 Å². The Bertz CT molecular complexity index is 388. The highest BCUT2D eigenvalue weighted by Gasteiger charge is 2.25. The van der Waals surface area contributed by atoms with Crippen LogP contribution in [0.15, 0.2) is 18.2 Å². The number of aromatic hydroxyl groups is 1. The number of nitrogens with one attached hydrogen (secondary N) is 2. The van der Waals surface area contributed by atoms with E-state index in [2.05, 4.69) is 16.7 Å². The molecule has 1 aromatic carbocycles. The summed E-state index contributed by atoms with van der Waals surface area (Å²) in [5, 5.41) is 16.4. The van der Waals surface area contributed by atoms with Gasteiger partial charge in [-0.05, 0) is 30.9 Å². The van der Waals surface area contributed by atoms with Crippen LogP contribution in [-0.4, -0.2) is 24.2 Å². The van der Waals surface area contributed by atoms with Crippen molar-refractivity contribution < 1.29 is 5.11 Å². The predicted octanol–water partition coefficient (Wildman–Crippen LogP) is 2.04. The molecule has 3 heteroatoms. The highest BCUT2D eigenvalue weighted by atomic mass is 16.3. The van der Waals surface area contributed by atoms with Gasteiger partial charge in [-0.25, -0.2) is 0 Å². The molecule has 1 aliphatic heterocycles. The van der Waals surface area contributed by atoms with Gasteiger partial charge in [0.25, 0.3) is 0 Å². The third kappa shape index (κ3) is 2.00. The maximum absolute atomic E-state index is 9.45. The molecule has 0 radical (unpaired) electrons. The third-order valence-electron chi connectivity index (χ3n) is 3.52. The van der Waals surface area contributed by atoms with E-state index in [0.717, 1.165) is 24.8 Å². The normalized spacial score (nSPS) is 23.6. The summed E-state index contributed by atoms with van der Waals surface area (Å²) in [6.07, 6.45) is 3.86. The molecule has 2 aliphatic rings. The summed E-state index contributed by atoms with van der Waals surface area (Å²) in [6.45, 7) is 2.08. The fourth-order valence-corrected chi connectivity index (χ4v) is 2.40. The number of fused-ring (bicyclic) bond motifs is 1. The van der Waals surface area contributed by atoms with Gasteiger partial charge in [0.1, 0.15) is 5.75 Å². The summed E-state index contributed by atoms with van der Waals surface area (Å²) in [7, 11) is 0. The second-order valence-electron chi connectivity index (χ2n) is 4.87. The van der Waals surface area contributed by atoms with Crippen molar-refractivity contribution in [3.8, 4) is 5.75 Å². The summed E-state index contributed by atoms with van der Waals surface area (Å²) >= 11 is 0. The second-order valence-corrected chi connectivity index (χ2v) is 4.87. The fourth-order valence-electron chi connectivity index (χ4n) is 2.40. The lowest BCUT2D eigenvalue weighted by Crippen LogP contribution is -2.28. The van der Waals surface area contributed by atoms with E-state index in [1.807, 2.05) is 6.07 Å². The first kappa shape index (κ1) is 9.97. The number of hydrogen-bond donors (Lipinski definition) is 3. The standard InChI is InChI=1S/C13H18N2O/c16-11-3-4-12-9(8-15-10-1-2-10)5-6-14-13(12)7-11/h3-4,7,9-10,14-16H,1-2,5-6,8H2. The Morgan fingerprint density at radius 2 is 2.19 bits per heavy atom. The lowest BCUT2D eigenvalue weighted by Gasteiger charge is -2.27. The second kappa shape index (κ2) is 3.98. The zero-order chi connectivity index (χ0) is 11.0. The molecule has 3 rings (SSSR count). The smallest absolute Gasteiger partial charge is 0.117 e. The summed E-state index contributed by atoms with van der Waals surface area (Å²) < 4.78 is 0. The first-order valence-electron chi connectivity index (χ1n) is 6.13. The van der Waals surface area contributed by atoms with E-state index in [9.17, 15) is 5.11 Å². The van der Waals surface area contributed by atoms with Crippen LogP contribution >= 0.6 is 0 Å². The molecule has 3 nitrogen and oxygen atoms in total. The van der Waals surface area contributed by atoms with E-state index in [4.69, 9.17) is 0 Å². The number of anilines is 1. The van der Waals surface area contributed by atoms with Gasteiger partial charge in [0, 0.05) is 36.8 Å². The SMILES string of the molecule is Oc1ccc2c(c1)NCCC2CNC1CC1. The fraction of sp³-hybridized carbons (Fsp3) is 0.538. The molecule has 0 amide bonds. The molecular weight excluding hydrogens is 200 g/mol. The van der Waals surface area contributed by atoms with Gasteiger partial charge in [0.05, 0.1) is 0 Å². The Hall–Kier alpha value is -1.22. The summed E-state index contributed by atoms with van der Waals surface area (Å²) in [4.78, 5) is 0. The van der Waals surface area contributed by atoms with Gasteiger partial charge in [-0.3, -0.25) is 0 Å². The van der Waals surface area contributed by atoms with Gasteiger partial charge in [-0.2, -0.15) is 0 Å². The summed E-state index contributed by atoms with van der Waals surface area (Å²) in [6, 6.07) is 6.44.